The topological polar surface area (TPSA) is 39.2 Å². The van der Waals surface area contributed by atoms with Crippen molar-refractivity contribution < 1.29 is 4.79 Å². The minimum atomic E-state index is 0.0563. The van der Waals surface area contributed by atoms with Crippen LogP contribution in [0.4, 0.5) is 0 Å². The molecule has 0 unspecified atom stereocenters. The highest BCUT2D eigenvalue weighted by atomic mass is 79.9. The summed E-state index contributed by atoms with van der Waals surface area (Å²) in [5.74, 6) is 0.833. The smallest absolute Gasteiger partial charge is 0.259 e. The zero-order valence-corrected chi connectivity index (χ0v) is 18.9. The molecule has 5 nitrogen and oxygen atoms in total. The van der Waals surface area contributed by atoms with E-state index in [1.165, 1.54) is 5.56 Å². The molecule has 0 bridgehead atoms. The summed E-state index contributed by atoms with van der Waals surface area (Å²) in [5.41, 5.74) is 4.22. The molecule has 3 aliphatic heterocycles. The lowest BCUT2D eigenvalue weighted by Crippen LogP contribution is -2.53. The van der Waals surface area contributed by atoms with Gasteiger partial charge in [0.1, 0.15) is 0 Å². The highest BCUT2D eigenvalue weighted by molar-refractivity contribution is 9.10. The van der Waals surface area contributed by atoms with Gasteiger partial charge in [-0.2, -0.15) is 0 Å². The van der Waals surface area contributed by atoms with Gasteiger partial charge in [0.2, 0.25) is 5.96 Å². The number of rotatable bonds is 4. The summed E-state index contributed by atoms with van der Waals surface area (Å²) in [6, 6.07) is 16.1. The lowest BCUT2D eigenvalue weighted by Gasteiger charge is -2.42. The molecular weight excluding hydrogens is 464 g/mol. The molecule has 2 aromatic rings. The van der Waals surface area contributed by atoms with E-state index in [0.29, 0.717) is 18.1 Å². The molecule has 3 aliphatic rings. The van der Waals surface area contributed by atoms with Crippen LogP contribution in [0.25, 0.3) is 0 Å². The number of hydrogen-bond donors (Lipinski definition) is 0. The van der Waals surface area contributed by atoms with Crippen LogP contribution in [-0.4, -0.2) is 52.7 Å². The molecule has 30 heavy (non-hydrogen) atoms. The molecule has 0 saturated heterocycles. The van der Waals surface area contributed by atoms with Gasteiger partial charge in [0.25, 0.3) is 5.91 Å². The zero-order valence-electron chi connectivity index (χ0n) is 16.5. The van der Waals surface area contributed by atoms with Gasteiger partial charge in [-0.25, -0.2) is 0 Å². The van der Waals surface area contributed by atoms with Crippen LogP contribution in [0.5, 0.6) is 0 Å². The maximum atomic E-state index is 13.6. The molecule has 0 saturated carbocycles. The monoisotopic (exact) mass is 484 g/mol. The Kier molecular flexibility index (Phi) is 5.39. The summed E-state index contributed by atoms with van der Waals surface area (Å²) < 4.78 is 1.08. The molecule has 7 heteroatoms. The van der Waals surface area contributed by atoms with Gasteiger partial charge in [0.15, 0.2) is 0 Å². The van der Waals surface area contributed by atoms with E-state index in [1.54, 1.807) is 4.90 Å². The van der Waals surface area contributed by atoms with E-state index in [2.05, 4.69) is 48.9 Å². The van der Waals surface area contributed by atoms with Crippen LogP contribution in [0, 0.1) is 0 Å². The third-order valence-corrected chi connectivity index (χ3v) is 6.73. The Morgan fingerprint density at radius 1 is 1.07 bits per heavy atom. The lowest BCUT2D eigenvalue weighted by molar-refractivity contribution is -0.125. The van der Waals surface area contributed by atoms with Gasteiger partial charge in [-0.15, -0.1) is 0 Å². The van der Waals surface area contributed by atoms with Crippen molar-refractivity contribution in [3.05, 3.63) is 80.4 Å². The molecule has 0 aromatic heterocycles. The van der Waals surface area contributed by atoms with Crippen molar-refractivity contribution in [2.45, 2.75) is 19.5 Å². The minimum absolute atomic E-state index is 0.0563. The first kappa shape index (κ1) is 19.8. The van der Waals surface area contributed by atoms with Crippen molar-refractivity contribution in [2.75, 3.05) is 26.2 Å². The average Bonchev–Trinajstić information content (AvgIpc) is 3.22. The van der Waals surface area contributed by atoms with E-state index >= 15 is 0 Å². The van der Waals surface area contributed by atoms with E-state index in [9.17, 15) is 4.79 Å². The Labute approximate surface area is 189 Å². The number of benzene rings is 2. The predicted molar refractivity (Wildman–Crippen MR) is 122 cm³/mol. The molecule has 0 fully saturated rings. The highest BCUT2D eigenvalue weighted by Crippen LogP contribution is 2.33. The van der Waals surface area contributed by atoms with Gasteiger partial charge in [-0.1, -0.05) is 57.9 Å². The van der Waals surface area contributed by atoms with Gasteiger partial charge in [-0.3, -0.25) is 19.6 Å². The predicted octanol–water partition coefficient (Wildman–Crippen LogP) is 4.28. The SMILES string of the molecule is O=C1C2=C(CCN(Cc3cccc(Br)c3)C2)N2CCN=C2N1Cc1ccccc1Cl. The van der Waals surface area contributed by atoms with Crippen molar-refractivity contribution in [3.8, 4) is 0 Å². The second-order valence-electron chi connectivity index (χ2n) is 7.83. The fourth-order valence-electron chi connectivity index (χ4n) is 4.44. The maximum absolute atomic E-state index is 13.6. The number of carbonyl (C=O) groups excluding carboxylic acids is 1. The maximum Gasteiger partial charge on any atom is 0.259 e. The summed E-state index contributed by atoms with van der Waals surface area (Å²) in [4.78, 5) is 24.6. The molecular formula is C23H22BrClN4O. The fraction of sp³-hybridized carbons (Fsp3) is 0.304. The molecule has 0 radical (unpaired) electrons. The van der Waals surface area contributed by atoms with E-state index in [0.717, 1.165) is 59.9 Å². The Morgan fingerprint density at radius 2 is 1.93 bits per heavy atom. The summed E-state index contributed by atoms with van der Waals surface area (Å²) in [5, 5.41) is 0.676. The molecule has 5 rings (SSSR count). The number of hydrogen-bond acceptors (Lipinski definition) is 4. The Bertz CT molecular complexity index is 1070. The molecule has 2 aromatic carbocycles. The van der Waals surface area contributed by atoms with Crippen LogP contribution < -0.4 is 0 Å². The van der Waals surface area contributed by atoms with Gasteiger partial charge in [0.05, 0.1) is 18.7 Å². The second kappa shape index (κ2) is 8.17. The van der Waals surface area contributed by atoms with Crippen LogP contribution in [0.1, 0.15) is 17.5 Å². The first-order valence-electron chi connectivity index (χ1n) is 10.2. The third kappa shape index (κ3) is 3.68. The summed E-state index contributed by atoms with van der Waals surface area (Å²) in [6.45, 7) is 4.42. The second-order valence-corrected chi connectivity index (χ2v) is 9.15. The molecule has 3 heterocycles. The fourth-order valence-corrected chi connectivity index (χ4v) is 5.08. The van der Waals surface area contributed by atoms with E-state index in [-0.39, 0.29) is 5.91 Å². The molecule has 1 amide bonds. The van der Waals surface area contributed by atoms with Crippen molar-refractivity contribution in [2.24, 2.45) is 4.99 Å². The number of aliphatic imine (C=N–C) groups is 1. The first-order chi connectivity index (χ1) is 14.6. The third-order valence-electron chi connectivity index (χ3n) is 5.87. The molecule has 0 aliphatic carbocycles. The number of amides is 1. The zero-order chi connectivity index (χ0) is 20.7. The van der Waals surface area contributed by atoms with Gasteiger partial charge in [0, 0.05) is 47.8 Å². The van der Waals surface area contributed by atoms with Crippen molar-refractivity contribution in [3.63, 3.8) is 0 Å². The molecule has 0 atom stereocenters. The van der Waals surface area contributed by atoms with Crippen LogP contribution in [-0.2, 0) is 17.9 Å². The standard InChI is InChI=1S/C23H22BrClN4O/c24-18-6-3-4-16(12-18)13-27-10-8-21-19(15-27)22(30)29(23-26-9-11-28(21)23)14-17-5-1-2-7-20(17)25/h1-7,12H,8-11,13-15H2. The summed E-state index contributed by atoms with van der Waals surface area (Å²) in [6.07, 6.45) is 0.869. The summed E-state index contributed by atoms with van der Waals surface area (Å²) >= 11 is 9.93. The highest BCUT2D eigenvalue weighted by Gasteiger charge is 2.41. The van der Waals surface area contributed by atoms with Crippen LogP contribution in [0.2, 0.25) is 5.02 Å². The average molecular weight is 486 g/mol. The van der Waals surface area contributed by atoms with Gasteiger partial charge in [-0.05, 0) is 29.3 Å². The van der Waals surface area contributed by atoms with Crippen LogP contribution >= 0.6 is 27.5 Å². The Balaban J connectivity index is 1.41. The largest absolute Gasteiger partial charge is 0.314 e. The molecule has 154 valence electrons. The van der Waals surface area contributed by atoms with Gasteiger partial charge >= 0.3 is 0 Å². The van der Waals surface area contributed by atoms with Crippen LogP contribution in [0.15, 0.2) is 69.3 Å². The van der Waals surface area contributed by atoms with Crippen LogP contribution in [0.3, 0.4) is 0 Å². The van der Waals surface area contributed by atoms with E-state index in [4.69, 9.17) is 11.6 Å². The number of nitrogens with zero attached hydrogens (tertiary/aromatic N) is 4. The quantitative estimate of drug-likeness (QED) is 0.649. The minimum Gasteiger partial charge on any atom is -0.314 e. The Morgan fingerprint density at radius 3 is 2.77 bits per heavy atom. The summed E-state index contributed by atoms with van der Waals surface area (Å²) in [7, 11) is 0. The van der Waals surface area contributed by atoms with E-state index in [1.807, 2.05) is 30.3 Å². The van der Waals surface area contributed by atoms with Crippen molar-refractivity contribution in [1.82, 2.24) is 14.7 Å². The number of carbonyl (C=O) groups is 1. The lowest BCUT2D eigenvalue weighted by atomic mass is 10.00. The normalized spacial score (nSPS) is 19.1. The number of fused-ring (bicyclic) bond motifs is 2. The Hall–Kier alpha value is -2.15. The first-order valence-corrected chi connectivity index (χ1v) is 11.3. The molecule has 0 spiro atoms. The van der Waals surface area contributed by atoms with Crippen molar-refractivity contribution in [1.29, 1.82) is 0 Å². The molecule has 0 N–H and O–H groups in total. The number of halogens is 2. The van der Waals surface area contributed by atoms with E-state index < -0.39 is 0 Å². The van der Waals surface area contributed by atoms with Crippen molar-refractivity contribution >= 4 is 39.4 Å². The number of guanidine groups is 1. The van der Waals surface area contributed by atoms with Gasteiger partial charge < -0.3 is 4.90 Å².